The number of rotatable bonds is 6. The Morgan fingerprint density at radius 1 is 0.433 bits per heavy atom. The number of nitrogens with zero attached hydrogens (tertiary/aromatic N) is 2. The average Bonchev–Trinajstić information content (AvgIpc) is 3.95. The van der Waals surface area contributed by atoms with E-state index in [9.17, 15) is 0 Å². The number of benzene rings is 9. The maximum Gasteiger partial charge on any atom is 0.227 e. The van der Waals surface area contributed by atoms with E-state index >= 15 is 0 Å². The molecule has 0 radical (unpaired) electrons. The third-order valence-corrected chi connectivity index (χ3v) is 12.5. The zero-order valence-electron chi connectivity index (χ0n) is 33.2. The minimum atomic E-state index is -0.115. The highest BCUT2D eigenvalue weighted by molar-refractivity contribution is 6.10. The molecule has 1 aliphatic rings. The summed E-state index contributed by atoms with van der Waals surface area (Å²) in [5.41, 5.74) is 17.2. The van der Waals surface area contributed by atoms with Gasteiger partial charge in [-0.1, -0.05) is 141 Å². The van der Waals surface area contributed by atoms with Gasteiger partial charge in [0.05, 0.1) is 5.69 Å². The molecule has 1 aliphatic carbocycles. The van der Waals surface area contributed by atoms with Gasteiger partial charge in [-0.3, -0.25) is 0 Å². The molecule has 0 aliphatic heterocycles. The number of furan rings is 1. The molecule has 0 atom stereocenters. The van der Waals surface area contributed by atoms with E-state index in [4.69, 9.17) is 13.8 Å². The van der Waals surface area contributed by atoms with Crippen LogP contribution in [0.1, 0.15) is 25.0 Å². The van der Waals surface area contributed by atoms with Crippen LogP contribution < -0.4 is 4.90 Å². The second-order valence-electron chi connectivity index (χ2n) is 16.3. The van der Waals surface area contributed by atoms with Gasteiger partial charge in [-0.25, -0.2) is 4.98 Å². The van der Waals surface area contributed by atoms with Crippen molar-refractivity contribution in [2.45, 2.75) is 19.3 Å². The maximum absolute atomic E-state index is 6.47. The molecular formula is C56H38N2O2. The molecule has 0 spiro atoms. The number of aromatic nitrogens is 1. The van der Waals surface area contributed by atoms with Crippen LogP contribution in [-0.2, 0) is 5.41 Å². The standard InChI is InChI=1S/C56H38N2O2/c1-56(2)47-19-9-8-17-45(47)54-48(56)20-11-21-50(54)58(41-29-24-37(25-30-41)43-18-10-15-36-12-6-7-16-42(36)43)40-27-22-35(23-28-40)39-26-31-44-46-33-49-53(34-52(46)59-51(44)32-39)60-55(57-49)38-13-4-3-5-14-38/h3-34H,1-2H3. The first-order valence-corrected chi connectivity index (χ1v) is 20.5. The molecule has 11 aromatic rings. The van der Waals surface area contributed by atoms with Crippen LogP contribution in [0.3, 0.4) is 0 Å². The van der Waals surface area contributed by atoms with Crippen molar-refractivity contribution in [3.8, 4) is 44.8 Å². The van der Waals surface area contributed by atoms with Crippen molar-refractivity contribution in [1.29, 1.82) is 0 Å². The van der Waals surface area contributed by atoms with E-state index in [0.717, 1.165) is 61.2 Å². The van der Waals surface area contributed by atoms with Crippen molar-refractivity contribution in [2.24, 2.45) is 0 Å². The van der Waals surface area contributed by atoms with E-state index in [1.807, 2.05) is 36.4 Å². The molecule has 0 saturated heterocycles. The molecule has 0 bridgehead atoms. The zero-order chi connectivity index (χ0) is 40.0. The summed E-state index contributed by atoms with van der Waals surface area (Å²) >= 11 is 0. The molecule has 12 rings (SSSR count). The van der Waals surface area contributed by atoms with Gasteiger partial charge in [0, 0.05) is 44.8 Å². The normalized spacial score (nSPS) is 13.0. The summed E-state index contributed by atoms with van der Waals surface area (Å²) in [5.74, 6) is 0.607. The maximum atomic E-state index is 6.47. The average molecular weight is 771 g/mol. The van der Waals surface area contributed by atoms with E-state index in [1.165, 1.54) is 44.2 Å². The molecule has 0 saturated carbocycles. The second-order valence-corrected chi connectivity index (χ2v) is 16.3. The number of fused-ring (bicyclic) bond motifs is 8. The lowest BCUT2D eigenvalue weighted by Crippen LogP contribution is -2.16. The zero-order valence-corrected chi connectivity index (χ0v) is 33.2. The first-order chi connectivity index (χ1) is 29.5. The Bertz CT molecular complexity index is 3440. The van der Waals surface area contributed by atoms with Gasteiger partial charge in [0.15, 0.2) is 5.58 Å². The summed E-state index contributed by atoms with van der Waals surface area (Å²) in [6.07, 6.45) is 0. The minimum Gasteiger partial charge on any atom is -0.456 e. The summed E-state index contributed by atoms with van der Waals surface area (Å²) in [6.45, 7) is 4.68. The Morgan fingerprint density at radius 2 is 1.08 bits per heavy atom. The van der Waals surface area contributed by atoms with Crippen molar-refractivity contribution >= 4 is 60.9 Å². The lowest BCUT2D eigenvalue weighted by molar-refractivity contribution is 0.617. The molecule has 0 fully saturated rings. The van der Waals surface area contributed by atoms with E-state index in [0.29, 0.717) is 11.5 Å². The van der Waals surface area contributed by atoms with Gasteiger partial charge >= 0.3 is 0 Å². The van der Waals surface area contributed by atoms with Crippen LogP contribution in [0.2, 0.25) is 0 Å². The third kappa shape index (κ3) is 5.34. The fourth-order valence-corrected chi connectivity index (χ4v) is 9.50. The molecule has 2 heterocycles. The molecule has 0 unspecified atom stereocenters. The smallest absolute Gasteiger partial charge is 0.227 e. The molecule has 284 valence electrons. The Kier molecular flexibility index (Phi) is 7.54. The van der Waals surface area contributed by atoms with Crippen LogP contribution in [0, 0.1) is 0 Å². The first kappa shape index (κ1) is 34.4. The third-order valence-electron chi connectivity index (χ3n) is 12.5. The molecule has 0 amide bonds. The predicted molar refractivity (Wildman–Crippen MR) is 247 cm³/mol. The largest absolute Gasteiger partial charge is 0.456 e. The highest BCUT2D eigenvalue weighted by Gasteiger charge is 2.37. The Morgan fingerprint density at radius 3 is 1.92 bits per heavy atom. The highest BCUT2D eigenvalue weighted by Crippen LogP contribution is 2.54. The molecule has 4 heteroatoms. The van der Waals surface area contributed by atoms with Crippen molar-refractivity contribution in [3.63, 3.8) is 0 Å². The molecule has 4 nitrogen and oxygen atoms in total. The van der Waals surface area contributed by atoms with E-state index in [-0.39, 0.29) is 5.41 Å². The predicted octanol–water partition coefficient (Wildman–Crippen LogP) is 15.7. The highest BCUT2D eigenvalue weighted by atomic mass is 16.4. The summed E-state index contributed by atoms with van der Waals surface area (Å²) in [6, 6.07) is 69.3. The summed E-state index contributed by atoms with van der Waals surface area (Å²) in [5, 5.41) is 4.57. The van der Waals surface area contributed by atoms with Gasteiger partial charge in [-0.2, -0.15) is 0 Å². The number of oxazole rings is 1. The fraction of sp³-hybridized carbons (Fsp3) is 0.0536. The van der Waals surface area contributed by atoms with Crippen LogP contribution in [-0.4, -0.2) is 4.98 Å². The molecule has 60 heavy (non-hydrogen) atoms. The summed E-state index contributed by atoms with van der Waals surface area (Å²) in [7, 11) is 0. The van der Waals surface area contributed by atoms with E-state index in [1.54, 1.807) is 0 Å². The number of hydrogen-bond donors (Lipinski definition) is 0. The van der Waals surface area contributed by atoms with Crippen LogP contribution >= 0.6 is 0 Å². The van der Waals surface area contributed by atoms with Crippen LogP contribution in [0.5, 0.6) is 0 Å². The van der Waals surface area contributed by atoms with Crippen LogP contribution in [0.4, 0.5) is 17.1 Å². The summed E-state index contributed by atoms with van der Waals surface area (Å²) < 4.78 is 12.6. The van der Waals surface area contributed by atoms with Gasteiger partial charge in [-0.05, 0) is 110 Å². The van der Waals surface area contributed by atoms with Crippen molar-refractivity contribution in [1.82, 2.24) is 4.98 Å². The van der Waals surface area contributed by atoms with Crippen molar-refractivity contribution in [2.75, 3.05) is 4.90 Å². The number of hydrogen-bond acceptors (Lipinski definition) is 4. The summed E-state index contributed by atoms with van der Waals surface area (Å²) in [4.78, 5) is 7.22. The Balaban J connectivity index is 0.943. The topological polar surface area (TPSA) is 42.4 Å². The SMILES string of the molecule is CC1(C)c2ccccc2-c2c(N(c3ccc(-c4ccc5c(c4)oc4cc6oc(-c7ccccc7)nc6cc45)cc3)c3ccc(-c4cccc5ccccc45)cc3)cccc21. The molecular weight excluding hydrogens is 733 g/mol. The quantitative estimate of drug-likeness (QED) is 0.169. The molecule has 2 aromatic heterocycles. The van der Waals surface area contributed by atoms with E-state index < -0.39 is 0 Å². The molecule has 9 aromatic carbocycles. The van der Waals surface area contributed by atoms with Gasteiger partial charge < -0.3 is 13.7 Å². The van der Waals surface area contributed by atoms with Crippen molar-refractivity contribution < 1.29 is 8.83 Å². The lowest BCUT2D eigenvalue weighted by atomic mass is 9.82. The number of anilines is 3. The monoisotopic (exact) mass is 770 g/mol. The molecule has 0 N–H and O–H groups in total. The Hall–Kier alpha value is -7.69. The second kappa shape index (κ2) is 13.2. The van der Waals surface area contributed by atoms with Crippen LogP contribution in [0.25, 0.3) is 88.6 Å². The van der Waals surface area contributed by atoms with Gasteiger partial charge in [0.1, 0.15) is 16.7 Å². The van der Waals surface area contributed by atoms with E-state index in [2.05, 4.69) is 176 Å². The van der Waals surface area contributed by atoms with Gasteiger partial charge in [-0.15, -0.1) is 0 Å². The lowest BCUT2D eigenvalue weighted by Gasteiger charge is -2.29. The van der Waals surface area contributed by atoms with Crippen molar-refractivity contribution in [3.05, 3.63) is 205 Å². The minimum absolute atomic E-state index is 0.115. The van der Waals surface area contributed by atoms with Crippen LogP contribution in [0.15, 0.2) is 203 Å². The van der Waals surface area contributed by atoms with Gasteiger partial charge in [0.2, 0.25) is 5.89 Å². The first-order valence-electron chi connectivity index (χ1n) is 20.5. The Labute approximate surface area is 347 Å². The fourth-order valence-electron chi connectivity index (χ4n) is 9.50. The van der Waals surface area contributed by atoms with Gasteiger partial charge in [0.25, 0.3) is 0 Å².